The van der Waals surface area contributed by atoms with E-state index in [1.165, 1.54) is 26.0 Å². The topological polar surface area (TPSA) is 87.2 Å². The molecule has 2 fully saturated rings. The van der Waals surface area contributed by atoms with Crippen LogP contribution in [0.15, 0.2) is 85.3 Å². The molecular weight excluding hydrogens is 808 g/mol. The van der Waals surface area contributed by atoms with Gasteiger partial charge in [0.25, 0.3) is 0 Å². The van der Waals surface area contributed by atoms with Crippen molar-refractivity contribution >= 4 is 31.5 Å². The number of benzene rings is 3. The molecule has 3 aromatic heterocycles. The number of aryl methyl sites for hydroxylation is 1. The molecule has 1 unspecified atom stereocenters. The van der Waals surface area contributed by atoms with Gasteiger partial charge >= 0.3 is 0 Å². The van der Waals surface area contributed by atoms with E-state index in [1.807, 2.05) is 36.1 Å². The molecule has 12 heteroatoms. The van der Waals surface area contributed by atoms with Gasteiger partial charge in [-0.1, -0.05) is 37.3 Å². The van der Waals surface area contributed by atoms with Crippen LogP contribution < -0.4 is 9.30 Å². The Morgan fingerprint density at radius 1 is 1.00 bits per heavy atom. The summed E-state index contributed by atoms with van der Waals surface area (Å²) in [6.45, 7) is 9.75. The minimum atomic E-state index is -2.80. The highest BCUT2D eigenvalue weighted by Gasteiger charge is 2.53. The zero-order chi connectivity index (χ0) is 43.6. The number of halogens is 3. The number of pyridine rings is 1. The molecular formula is C50H59F3N5O3S+. The second-order valence-electron chi connectivity index (χ2n) is 18.9. The van der Waals surface area contributed by atoms with Crippen molar-refractivity contribution in [2.45, 2.75) is 108 Å². The zero-order valence-corrected chi connectivity index (χ0v) is 37.3. The second kappa shape index (κ2) is 16.5. The Bertz CT molecular complexity index is 2710. The molecule has 3 aliphatic rings. The molecule has 2 aliphatic heterocycles. The number of hydrogen-bond donors (Lipinski definition) is 2. The van der Waals surface area contributed by atoms with Crippen LogP contribution in [0, 0.1) is 22.3 Å². The van der Waals surface area contributed by atoms with Crippen LogP contribution in [-0.2, 0) is 32.2 Å². The van der Waals surface area contributed by atoms with Crippen LogP contribution in [0.25, 0.3) is 32.9 Å². The third kappa shape index (κ3) is 8.07. The van der Waals surface area contributed by atoms with E-state index in [2.05, 4.69) is 70.0 Å². The molecule has 62 heavy (non-hydrogen) atoms. The van der Waals surface area contributed by atoms with Crippen molar-refractivity contribution in [2.75, 3.05) is 32.6 Å². The number of rotatable bonds is 14. The Hall–Kier alpha value is -4.65. The fraction of sp³-hybridized carbons (Fsp3) is 0.460. The molecule has 5 atom stereocenters. The third-order valence-electron chi connectivity index (χ3n) is 13.7. The Kier molecular flexibility index (Phi) is 11.3. The summed E-state index contributed by atoms with van der Waals surface area (Å²) in [6.07, 6.45) is 13.6. The molecule has 0 radical (unpaired) electrons. The smallest absolute Gasteiger partial charge is 0.176 e. The van der Waals surface area contributed by atoms with Crippen molar-refractivity contribution < 1.29 is 31.4 Å². The van der Waals surface area contributed by atoms with Gasteiger partial charge in [-0.15, -0.1) is 0 Å². The minimum absolute atomic E-state index is 0.0204. The first-order valence-corrected chi connectivity index (χ1v) is 24.2. The number of H-pyrrole nitrogens is 1. The number of aromatic nitrogens is 3. The normalized spacial score (nSPS) is 22.5. The van der Waals surface area contributed by atoms with Gasteiger partial charge in [0, 0.05) is 100 Å². The predicted octanol–water partition coefficient (Wildman–Crippen LogP) is 11.0. The maximum Gasteiger partial charge on any atom is 0.176 e. The molecule has 8 nitrogen and oxygen atoms in total. The molecule has 1 aliphatic carbocycles. The standard InChI is InChI=1S/C50H59F3N5O3S/c1-32-30-60-23-17-44(32)57-28-34(25-35(29-57)50(18-19-50)62(5,54)59)37-13-11-15-45-39(37)16-21-56(45)20-9-6-10-22-61-36-26-41(51)46(42(52)27-36)48-47-40(38-12-7-8-14-43(38)55-47)24-33(2)58(48)31-49(3,4)53/h7-8,11-16,21,25-29,32-33,44,48,54-55H,6,9-10,17-20,22-24,30-31H2,1-5H3/q+1/t32-,33-,44?,48-,62-/m1/s1. The van der Waals surface area contributed by atoms with Gasteiger partial charge in [-0.2, -0.15) is 0 Å². The van der Waals surface area contributed by atoms with E-state index in [0.717, 1.165) is 82.7 Å². The summed E-state index contributed by atoms with van der Waals surface area (Å²) >= 11 is 0. The summed E-state index contributed by atoms with van der Waals surface area (Å²) in [4.78, 5) is 5.31. The first-order valence-electron chi connectivity index (χ1n) is 22.2. The Labute approximate surface area is 363 Å². The van der Waals surface area contributed by atoms with Crippen molar-refractivity contribution in [1.82, 2.24) is 14.5 Å². The predicted molar refractivity (Wildman–Crippen MR) is 240 cm³/mol. The molecule has 0 amide bonds. The molecule has 0 spiro atoms. The second-order valence-corrected chi connectivity index (χ2v) is 21.3. The van der Waals surface area contributed by atoms with Gasteiger partial charge in [0.15, 0.2) is 18.4 Å². The maximum atomic E-state index is 16.2. The summed E-state index contributed by atoms with van der Waals surface area (Å²) in [5.41, 5.74) is 5.22. The van der Waals surface area contributed by atoms with Crippen LogP contribution >= 0.6 is 0 Å². The van der Waals surface area contributed by atoms with E-state index in [0.29, 0.717) is 44.3 Å². The van der Waals surface area contributed by atoms with E-state index >= 15 is 13.2 Å². The monoisotopic (exact) mass is 866 g/mol. The van der Waals surface area contributed by atoms with Crippen molar-refractivity contribution in [1.29, 1.82) is 4.78 Å². The lowest BCUT2D eigenvalue weighted by atomic mass is 9.87. The molecule has 5 heterocycles. The SMILES string of the molecule is C[C@@H]1COCCC1[n+]1cc(-c2cccc3c2ccn3CCCCCOc2cc(F)c([C@@H]3c4[nH]c5ccccc5c4C[C@@H](C)N3CC(C)(C)F)c(F)c2)cc(C2([S@](C)(=N)=O)CC2)c1. The lowest BCUT2D eigenvalue weighted by Gasteiger charge is -2.43. The summed E-state index contributed by atoms with van der Waals surface area (Å²) in [5, 5.41) is 2.16. The fourth-order valence-electron chi connectivity index (χ4n) is 10.3. The molecule has 1 saturated carbocycles. The molecule has 2 N–H and O–H groups in total. The van der Waals surface area contributed by atoms with Gasteiger partial charge in [0.2, 0.25) is 0 Å². The molecule has 6 aromatic rings. The molecule has 0 bridgehead atoms. The minimum Gasteiger partial charge on any atom is -0.493 e. The number of ether oxygens (including phenoxy) is 2. The summed E-state index contributed by atoms with van der Waals surface area (Å²) in [5.74, 6) is -0.952. The van der Waals surface area contributed by atoms with Gasteiger partial charge in [-0.3, -0.25) is 9.68 Å². The van der Waals surface area contributed by atoms with Crippen LogP contribution in [0.5, 0.6) is 5.75 Å². The zero-order valence-electron chi connectivity index (χ0n) is 36.5. The number of nitrogens with one attached hydrogen (secondary N) is 2. The van der Waals surface area contributed by atoms with Crippen LogP contribution in [0.1, 0.15) is 101 Å². The number of unbranched alkanes of at least 4 members (excludes halogenated alkanes) is 2. The van der Waals surface area contributed by atoms with Crippen LogP contribution in [0.3, 0.4) is 0 Å². The van der Waals surface area contributed by atoms with Gasteiger partial charge in [0.05, 0.1) is 40.3 Å². The Balaban J connectivity index is 0.878. The lowest BCUT2D eigenvalue weighted by Crippen LogP contribution is -2.48. The highest BCUT2D eigenvalue weighted by atomic mass is 32.2. The van der Waals surface area contributed by atoms with E-state index in [-0.39, 0.29) is 29.9 Å². The number of aromatic amines is 1. The van der Waals surface area contributed by atoms with Gasteiger partial charge < -0.3 is 19.0 Å². The van der Waals surface area contributed by atoms with E-state index in [4.69, 9.17) is 14.3 Å². The Morgan fingerprint density at radius 3 is 2.50 bits per heavy atom. The first kappa shape index (κ1) is 42.6. The maximum absolute atomic E-state index is 16.2. The van der Waals surface area contributed by atoms with Gasteiger partial charge in [0.1, 0.15) is 23.1 Å². The number of nitrogens with zero attached hydrogens (tertiary/aromatic N) is 3. The van der Waals surface area contributed by atoms with E-state index < -0.39 is 37.8 Å². The van der Waals surface area contributed by atoms with Crippen molar-refractivity contribution in [2.24, 2.45) is 5.92 Å². The number of fused-ring (bicyclic) bond motifs is 4. The average molecular weight is 867 g/mol. The largest absolute Gasteiger partial charge is 0.493 e. The average Bonchev–Trinajstić information content (AvgIpc) is 3.85. The summed E-state index contributed by atoms with van der Waals surface area (Å²) in [6, 6.07) is 20.4. The molecule has 1 saturated heterocycles. The number of hydrogen-bond acceptors (Lipinski definition) is 5. The lowest BCUT2D eigenvalue weighted by molar-refractivity contribution is -0.733. The highest BCUT2D eigenvalue weighted by Crippen LogP contribution is 2.53. The molecule has 9 rings (SSSR count). The number of para-hydroxylation sites is 1. The van der Waals surface area contributed by atoms with E-state index in [1.54, 1.807) is 6.26 Å². The fourth-order valence-corrected chi connectivity index (χ4v) is 11.8. The van der Waals surface area contributed by atoms with Gasteiger partial charge in [-0.05, 0) is 94.7 Å². The van der Waals surface area contributed by atoms with Gasteiger partial charge in [-0.25, -0.2) is 21.9 Å². The van der Waals surface area contributed by atoms with Crippen molar-refractivity contribution in [3.8, 4) is 16.9 Å². The van der Waals surface area contributed by atoms with Crippen molar-refractivity contribution in [3.63, 3.8) is 0 Å². The summed E-state index contributed by atoms with van der Waals surface area (Å²) < 4.78 is 85.2. The van der Waals surface area contributed by atoms with Crippen LogP contribution in [0.4, 0.5) is 13.2 Å². The van der Waals surface area contributed by atoms with Crippen LogP contribution in [-0.4, -0.2) is 63.0 Å². The first-order chi connectivity index (χ1) is 29.6. The Morgan fingerprint density at radius 2 is 1.77 bits per heavy atom. The van der Waals surface area contributed by atoms with Crippen molar-refractivity contribution in [3.05, 3.63) is 119 Å². The summed E-state index contributed by atoms with van der Waals surface area (Å²) in [7, 11) is -2.80. The third-order valence-corrected chi connectivity index (χ3v) is 15.8. The molecule has 3 aromatic carbocycles. The van der Waals surface area contributed by atoms with Crippen LogP contribution in [0.2, 0.25) is 0 Å². The number of alkyl halides is 1. The quantitative estimate of drug-likeness (QED) is 0.0843. The van der Waals surface area contributed by atoms with E-state index in [9.17, 15) is 4.21 Å². The highest BCUT2D eigenvalue weighted by molar-refractivity contribution is 7.93. The molecule has 328 valence electrons.